The van der Waals surface area contributed by atoms with Crippen LogP contribution in [0.3, 0.4) is 0 Å². The normalized spacial score (nSPS) is 10.2. The molecular weight excluding hydrogens is 1330 g/mol. The average Bonchev–Trinajstić information content (AvgIpc) is 1.69. The summed E-state index contributed by atoms with van der Waals surface area (Å²) in [5.41, 5.74) is 19.1. The number of aromatic nitrogens is 6. The maximum absolute atomic E-state index is 13.1. The van der Waals surface area contributed by atoms with Gasteiger partial charge in [-0.25, -0.2) is 14.0 Å². The maximum Gasteiger partial charge on any atom is 0.454 e. The van der Waals surface area contributed by atoms with E-state index in [9.17, 15) is 77.7 Å². The number of halogens is 13. The number of ether oxygens (including phenoxy) is 1. The Morgan fingerprint density at radius 2 is 0.863 bits per heavy atom. The van der Waals surface area contributed by atoms with Gasteiger partial charge in [0.1, 0.15) is 0 Å². The molecule has 0 radical (unpaired) electrons. The van der Waals surface area contributed by atoms with Crippen molar-refractivity contribution in [2.75, 3.05) is 12.3 Å². The van der Waals surface area contributed by atoms with Gasteiger partial charge in [-0.05, 0) is 92.2 Å². The molecule has 0 aliphatic carbocycles. The highest BCUT2D eigenvalue weighted by Gasteiger charge is 2.41. The van der Waals surface area contributed by atoms with Crippen LogP contribution in [0.4, 0.5) is 75.4 Å². The quantitative estimate of drug-likeness (QED) is 0.0117. The van der Waals surface area contributed by atoms with Crippen molar-refractivity contribution in [3.8, 4) is 17.1 Å². The summed E-state index contributed by atoms with van der Waals surface area (Å²) in [5, 5.41) is 35.4. The molecule has 4 aromatic carbocycles. The van der Waals surface area contributed by atoms with Crippen LogP contribution in [0.1, 0.15) is 80.4 Å². The number of azide groups is 1. The summed E-state index contributed by atoms with van der Waals surface area (Å²) in [6.45, 7) is 8.66. The molecule has 7 rings (SSSR count). The molecule has 0 aliphatic rings. The topological polar surface area (TPSA) is 403 Å². The zero-order valence-electron chi connectivity index (χ0n) is 49.5. The van der Waals surface area contributed by atoms with Gasteiger partial charge in [0.15, 0.2) is 17.1 Å². The van der Waals surface area contributed by atoms with Crippen molar-refractivity contribution in [1.82, 2.24) is 29.3 Å². The van der Waals surface area contributed by atoms with E-state index in [1.807, 2.05) is 0 Å². The summed E-state index contributed by atoms with van der Waals surface area (Å²) >= 11 is 0. The number of nitro benzene ring substituents is 2. The van der Waals surface area contributed by atoms with Gasteiger partial charge in [0.2, 0.25) is 0 Å². The van der Waals surface area contributed by atoms with E-state index in [4.69, 9.17) is 55.4 Å². The van der Waals surface area contributed by atoms with E-state index < -0.39 is 57.4 Å². The van der Waals surface area contributed by atoms with Gasteiger partial charge in [0.25, 0.3) is 17.2 Å². The fraction of sp³-hybridized carbons (Fsp3) is 0.273. The molecule has 40 heteroatoms. The summed E-state index contributed by atoms with van der Waals surface area (Å²) in [4.78, 5) is 97.9. The highest BCUT2D eigenvalue weighted by Crippen LogP contribution is 2.37. The predicted molar refractivity (Wildman–Crippen MR) is 303 cm³/mol. The van der Waals surface area contributed by atoms with Crippen LogP contribution in [0.2, 0.25) is 0 Å². The van der Waals surface area contributed by atoms with Gasteiger partial charge < -0.3 is 16.2 Å². The number of Topliss-reactive ketones (excluding diaryl/α,β-unsaturated/α-hetero) is 1. The number of hydrogen-bond donors (Lipinski definition) is 2. The zero-order valence-corrected chi connectivity index (χ0v) is 50.3. The number of allylic oxidation sites excluding steroid dienone is 1. The summed E-state index contributed by atoms with van der Waals surface area (Å²) < 4.78 is 160. The first-order valence-corrected chi connectivity index (χ1v) is 25.6. The van der Waals surface area contributed by atoms with E-state index in [-0.39, 0.29) is 114 Å². The molecular formula is C55H52ClF12N13O14. The Hall–Kier alpha value is -11.4. The first-order valence-electron chi connectivity index (χ1n) is 25.6. The van der Waals surface area contributed by atoms with Crippen LogP contribution >= 0.6 is 12.4 Å². The van der Waals surface area contributed by atoms with Gasteiger partial charge in [0, 0.05) is 69.4 Å². The number of aryl methyl sites for hydroxylation is 3. The molecule has 7 aromatic rings. The molecule has 0 fully saturated rings. The van der Waals surface area contributed by atoms with Crippen molar-refractivity contribution in [3.05, 3.63) is 197 Å². The summed E-state index contributed by atoms with van der Waals surface area (Å²) in [7, 11) is 0. The second-order valence-electron chi connectivity index (χ2n) is 16.7. The number of ketones is 1. The molecule has 0 atom stereocenters. The molecule has 512 valence electrons. The number of nitro groups is 2. The first-order chi connectivity index (χ1) is 44.1. The number of nitrogens with zero attached hydrogens (tertiary/aromatic N) is 11. The van der Waals surface area contributed by atoms with E-state index in [1.165, 1.54) is 80.0 Å². The van der Waals surface area contributed by atoms with Crippen molar-refractivity contribution >= 4 is 65.5 Å². The fourth-order valence-corrected chi connectivity index (χ4v) is 6.88. The Labute approximate surface area is 533 Å². The highest BCUT2D eigenvalue weighted by molar-refractivity contribution is 5.99. The van der Waals surface area contributed by atoms with Crippen LogP contribution in [0.15, 0.2) is 133 Å². The number of alkyl halides is 12. The second-order valence-corrected chi connectivity index (χ2v) is 16.7. The summed E-state index contributed by atoms with van der Waals surface area (Å²) in [6.07, 6.45) is -12.0. The van der Waals surface area contributed by atoms with Crippen molar-refractivity contribution in [1.29, 1.82) is 0 Å². The van der Waals surface area contributed by atoms with Crippen LogP contribution in [0, 0.1) is 20.2 Å². The minimum Gasteiger partial charge on any atom is -0.501 e. The number of hydrogen-bond acceptors (Lipinski definition) is 20. The molecule has 0 bridgehead atoms. The number of anilines is 1. The van der Waals surface area contributed by atoms with Crippen LogP contribution < -0.4 is 11.5 Å². The van der Waals surface area contributed by atoms with Crippen molar-refractivity contribution in [2.45, 2.75) is 91.6 Å². The Balaban J connectivity index is -0.00000108. The number of non-ortho nitro benzene ring substituents is 2. The van der Waals surface area contributed by atoms with Crippen molar-refractivity contribution < 1.29 is 110 Å². The molecule has 0 amide bonds. The molecule has 0 spiro atoms. The molecule has 0 unspecified atom stereocenters. The van der Waals surface area contributed by atoms with Gasteiger partial charge in [-0.1, -0.05) is 57.1 Å². The van der Waals surface area contributed by atoms with Gasteiger partial charge in [0.05, 0.1) is 58.4 Å². The van der Waals surface area contributed by atoms with E-state index in [0.29, 0.717) is 23.6 Å². The van der Waals surface area contributed by atoms with E-state index in [0.717, 1.165) is 44.2 Å². The molecule has 3 aromatic heterocycles. The predicted octanol–water partition coefficient (Wildman–Crippen LogP) is 12.4. The van der Waals surface area contributed by atoms with Crippen LogP contribution in [0.5, 0.6) is 0 Å². The molecule has 27 nitrogen and oxygen atoms in total. The van der Waals surface area contributed by atoms with Gasteiger partial charge in [-0.2, -0.15) is 106 Å². The third-order valence-electron chi connectivity index (χ3n) is 10.9. The van der Waals surface area contributed by atoms with Gasteiger partial charge in [-0.3, -0.25) is 25.0 Å². The fourth-order valence-electron chi connectivity index (χ4n) is 6.88. The first kappa shape index (κ1) is 87.8. The monoisotopic (exact) mass is 1380 g/mol. The molecule has 0 saturated heterocycles. The Kier molecular flexibility index (Phi) is 40.8. The summed E-state index contributed by atoms with van der Waals surface area (Å²) in [6, 6.07) is 22.8. The lowest BCUT2D eigenvalue weighted by Gasteiger charge is -2.12. The van der Waals surface area contributed by atoms with Crippen molar-refractivity contribution in [2.24, 2.45) is 10.8 Å². The number of carbonyl (C=O) groups is 1. The number of benzene rings is 4. The highest BCUT2D eigenvalue weighted by atomic mass is 35.5. The third kappa shape index (κ3) is 30.5. The van der Waals surface area contributed by atoms with Gasteiger partial charge in [-0.15, -0.1) is 12.4 Å². The number of carbonyl (C=O) groups excluding carboxylic acids is 9. The lowest BCUT2D eigenvalue weighted by Crippen LogP contribution is -2.24. The molecule has 3 heterocycles. The molecule has 95 heavy (non-hydrogen) atoms. The molecule has 0 aliphatic heterocycles. The number of nitrogens with two attached hydrogens (primary N) is 2. The Morgan fingerprint density at radius 1 is 0.568 bits per heavy atom. The number of nitrogen functional groups attached to an aromatic ring is 1. The number of rotatable bonds is 14. The lowest BCUT2D eigenvalue weighted by molar-refractivity contribution is -0.385. The minimum absolute atomic E-state index is 0. The molecule has 0 saturated carbocycles. The van der Waals surface area contributed by atoms with E-state index >= 15 is 0 Å². The standard InChI is InChI=1S/C12H10F3N5.C12H10F3N3O2.C12H12F3N3.C8H11F3O2.C7H8N2O2.4CO2.ClH/c1-2-8-7-17-20(11(8)12(13,14)15)10-5-3-9(4-6-10)18-19-16;1-2-8-7-16-17(11(8)12(13,14)15)9-3-5-10(6-4-9)18(19)20;1-2-8-7-17-18(11(8)12(13,14)15)10-5-3-9(16)4-6-10;1-3-6(5-13-4-2)7(12)8(9,10)11;8-5-6-1-3-7(4-2-6)9(10)11;4*2-1-3;/h2*3-7H,2H2,1H3;3-7H,2,16H2,1H3;5H,3-4H2,1-2H3;1-4H,5,8H2;;;;;1H/b;;;6-5-;;;;;;. The smallest absolute Gasteiger partial charge is 0.454 e. The largest absolute Gasteiger partial charge is 0.501 e. The zero-order chi connectivity index (χ0) is 72.6. The van der Waals surface area contributed by atoms with Gasteiger partial charge >= 0.3 is 49.3 Å². The molecule has 4 N–H and O–H groups in total. The maximum atomic E-state index is 13.1. The third-order valence-corrected chi connectivity index (χ3v) is 10.9. The van der Waals surface area contributed by atoms with Crippen molar-refractivity contribution in [3.63, 3.8) is 0 Å². The van der Waals surface area contributed by atoms with E-state index in [1.54, 1.807) is 52.0 Å². The second kappa shape index (κ2) is 44.1. The van der Waals surface area contributed by atoms with Crippen LogP contribution in [-0.2, 0) is 92.2 Å². The lowest BCUT2D eigenvalue weighted by atomic mass is 10.1. The van der Waals surface area contributed by atoms with E-state index in [2.05, 4.69) is 30.1 Å². The average molecular weight is 1380 g/mol. The summed E-state index contributed by atoms with van der Waals surface area (Å²) in [5.74, 6) is -1.83. The van der Waals surface area contributed by atoms with Crippen LogP contribution in [-0.4, -0.2) is 82.4 Å². The van der Waals surface area contributed by atoms with Crippen LogP contribution in [0.25, 0.3) is 27.5 Å². The Morgan fingerprint density at radius 3 is 1.11 bits per heavy atom. The minimum atomic E-state index is -4.81. The Bertz CT molecular complexity index is 3560. The SMILES string of the molecule is CCO/C=C(/CC)C(=O)C(F)(F)F.CCc1cnn(-c2ccc(N)cc2)c1C(F)(F)F.CCc1cnn(-c2ccc(N=[N+]=[N-])cc2)c1C(F)(F)F.CCc1cnn(-c2ccc([N+](=O)[O-])cc2)c1C(F)(F)F.Cl.NCc1ccc([N+](=O)[O-])cc1.O=C=O.O=C=O.O=C=O.O=C=O.